The van der Waals surface area contributed by atoms with Crippen LogP contribution in [-0.4, -0.2) is 94.7 Å². The van der Waals surface area contributed by atoms with Gasteiger partial charge in [0.2, 0.25) is 23.7 Å². The van der Waals surface area contributed by atoms with E-state index in [0.29, 0.717) is 25.7 Å². The van der Waals surface area contributed by atoms with Gasteiger partial charge < -0.3 is 29.6 Å². The van der Waals surface area contributed by atoms with E-state index in [2.05, 4.69) is 41.9 Å². The van der Waals surface area contributed by atoms with E-state index in [-0.39, 0.29) is 36.8 Å². The summed E-state index contributed by atoms with van der Waals surface area (Å²) in [4.78, 5) is 88.5. The molecule has 64 heavy (non-hydrogen) atoms. The number of ether oxygens (including phenoxy) is 4. The zero-order valence-corrected chi connectivity index (χ0v) is 39.3. The molecule has 0 unspecified atom stereocenters. The first kappa shape index (κ1) is 52.1. The van der Waals surface area contributed by atoms with Gasteiger partial charge in [-0.05, 0) is 120 Å². The van der Waals surface area contributed by atoms with Crippen molar-refractivity contribution in [3.05, 3.63) is 71.8 Å². The van der Waals surface area contributed by atoms with Gasteiger partial charge >= 0.3 is 24.4 Å². The van der Waals surface area contributed by atoms with Crippen LogP contribution in [0, 0.1) is 0 Å². The van der Waals surface area contributed by atoms with Crippen LogP contribution in [-0.2, 0) is 41.4 Å². The summed E-state index contributed by atoms with van der Waals surface area (Å²) in [5.74, 6) is -1.56. The zero-order chi connectivity index (χ0) is 47.9. The smallest absolute Gasteiger partial charge is 0.414 e. The monoisotopic (exact) mass is 893 g/mol. The number of hydrogen-bond donors (Lipinski definition) is 6. The van der Waals surface area contributed by atoms with E-state index in [1.165, 1.54) is 0 Å². The molecular formula is C46H68N8O10. The van der Waals surface area contributed by atoms with Crippen LogP contribution >= 0.6 is 0 Å². The van der Waals surface area contributed by atoms with Gasteiger partial charge in [0.05, 0.1) is 0 Å². The fourth-order valence-electron chi connectivity index (χ4n) is 6.15. The van der Waals surface area contributed by atoms with Crippen molar-refractivity contribution in [3.63, 3.8) is 0 Å². The van der Waals surface area contributed by atoms with Crippen LogP contribution in [0.15, 0.2) is 70.6 Å². The SMILES string of the molecule is CC(C)(C)OC(=O)NC(=N[C@@H](Cc1ccccc1)C(=O)NC1CCC(NC(=O)[C@H](Cc2ccccc2)N=C(NC(=O)OC(C)(C)C)NC(=O)OC(C)(C)C)CC1)NC(=O)OC(C)(C)C. The molecule has 0 heterocycles. The second kappa shape index (κ2) is 22.9. The summed E-state index contributed by atoms with van der Waals surface area (Å²) in [7, 11) is 0. The topological polar surface area (TPSA) is 236 Å². The van der Waals surface area contributed by atoms with Gasteiger partial charge in [-0.2, -0.15) is 0 Å². The lowest BCUT2D eigenvalue weighted by molar-refractivity contribution is -0.124. The van der Waals surface area contributed by atoms with Crippen molar-refractivity contribution in [1.82, 2.24) is 31.9 Å². The summed E-state index contributed by atoms with van der Waals surface area (Å²) in [5.41, 5.74) is -1.89. The minimum absolute atomic E-state index is 0.129. The first-order valence-corrected chi connectivity index (χ1v) is 21.5. The van der Waals surface area contributed by atoms with E-state index in [1.54, 1.807) is 83.1 Å². The molecule has 0 spiro atoms. The Bertz CT molecular complexity index is 1750. The van der Waals surface area contributed by atoms with Crippen LogP contribution in [0.4, 0.5) is 19.2 Å². The summed E-state index contributed by atoms with van der Waals surface area (Å²) in [6, 6.07) is 15.6. The molecular weight excluding hydrogens is 825 g/mol. The van der Waals surface area contributed by atoms with E-state index in [4.69, 9.17) is 18.9 Å². The number of guanidine groups is 2. The normalized spacial score (nSPS) is 16.2. The van der Waals surface area contributed by atoms with E-state index in [1.807, 2.05) is 60.7 Å². The average molecular weight is 893 g/mol. The molecule has 0 saturated heterocycles. The van der Waals surface area contributed by atoms with Crippen molar-refractivity contribution in [1.29, 1.82) is 0 Å². The maximum absolute atomic E-state index is 14.0. The highest BCUT2D eigenvalue weighted by Crippen LogP contribution is 2.21. The minimum atomic E-state index is -1.10. The Morgan fingerprint density at radius 1 is 0.469 bits per heavy atom. The van der Waals surface area contributed by atoms with Crippen LogP contribution in [0.3, 0.4) is 0 Å². The third-order valence-corrected chi connectivity index (χ3v) is 8.62. The fraction of sp³-hybridized carbons (Fsp3) is 0.565. The van der Waals surface area contributed by atoms with Gasteiger partial charge in [-0.1, -0.05) is 60.7 Å². The lowest BCUT2D eigenvalue weighted by Gasteiger charge is -2.31. The van der Waals surface area contributed by atoms with Gasteiger partial charge in [0.1, 0.15) is 34.5 Å². The Morgan fingerprint density at radius 2 is 0.719 bits per heavy atom. The Hall–Kier alpha value is -6.20. The summed E-state index contributed by atoms with van der Waals surface area (Å²) in [5, 5.41) is 16.0. The second-order valence-electron chi connectivity index (χ2n) is 19.4. The summed E-state index contributed by atoms with van der Waals surface area (Å²) in [6.45, 7) is 20.2. The molecule has 1 fully saturated rings. The van der Waals surface area contributed by atoms with Crippen molar-refractivity contribution in [2.45, 2.75) is 168 Å². The Balaban J connectivity index is 1.82. The van der Waals surface area contributed by atoms with Crippen molar-refractivity contribution in [3.8, 4) is 0 Å². The molecule has 6 N–H and O–H groups in total. The number of carbonyl (C=O) groups is 6. The van der Waals surface area contributed by atoms with E-state index in [9.17, 15) is 28.8 Å². The standard InChI is InChI=1S/C46H68N8O10/c1-43(2,3)61-39(57)51-37(52-40(58)62-44(4,5)6)49-33(27-29-19-15-13-16-20-29)35(55)47-31-23-25-32(26-24-31)48-36(56)34(28-30-21-17-14-18-22-30)50-38(53-41(59)63-45(7,8)9)54-42(60)64-46(10,11)12/h13-22,31-34H,23-28H2,1-12H3,(H,47,55)(H,48,56)(H2,49,51,52,57,58)(H2,50,53,54,59,60)/t31?,32?,33-,34-/m0/s1. The predicted molar refractivity (Wildman–Crippen MR) is 243 cm³/mol. The zero-order valence-electron chi connectivity index (χ0n) is 39.3. The third-order valence-electron chi connectivity index (χ3n) is 8.62. The van der Waals surface area contributed by atoms with Crippen LogP contribution < -0.4 is 31.9 Å². The van der Waals surface area contributed by atoms with Crippen molar-refractivity contribution >= 4 is 48.1 Å². The Morgan fingerprint density at radius 3 is 0.953 bits per heavy atom. The van der Waals surface area contributed by atoms with Crippen LogP contribution in [0.1, 0.15) is 120 Å². The highest BCUT2D eigenvalue weighted by Gasteiger charge is 2.31. The average Bonchev–Trinajstić information content (AvgIpc) is 3.12. The van der Waals surface area contributed by atoms with Gasteiger partial charge in [0, 0.05) is 24.9 Å². The van der Waals surface area contributed by atoms with Crippen LogP contribution in [0.25, 0.3) is 0 Å². The quantitative estimate of drug-likeness (QED) is 0.0853. The third kappa shape index (κ3) is 21.7. The molecule has 18 nitrogen and oxygen atoms in total. The van der Waals surface area contributed by atoms with Gasteiger partial charge in [0.15, 0.2) is 0 Å². The van der Waals surface area contributed by atoms with Crippen LogP contribution in [0.2, 0.25) is 0 Å². The molecule has 0 bridgehead atoms. The first-order chi connectivity index (χ1) is 29.6. The number of hydrogen-bond acceptors (Lipinski definition) is 12. The van der Waals surface area contributed by atoms with Gasteiger partial charge in [-0.15, -0.1) is 0 Å². The van der Waals surface area contributed by atoms with Gasteiger partial charge in [0.25, 0.3) is 0 Å². The van der Waals surface area contributed by atoms with E-state index < -0.39 is 70.7 Å². The lowest BCUT2D eigenvalue weighted by atomic mass is 9.90. The van der Waals surface area contributed by atoms with E-state index >= 15 is 0 Å². The molecule has 0 aliphatic heterocycles. The fourth-order valence-corrected chi connectivity index (χ4v) is 6.15. The minimum Gasteiger partial charge on any atom is -0.444 e. The molecule has 2 atom stereocenters. The largest absolute Gasteiger partial charge is 0.444 e. The first-order valence-electron chi connectivity index (χ1n) is 21.5. The maximum Gasteiger partial charge on any atom is 0.414 e. The lowest BCUT2D eigenvalue weighted by Crippen LogP contribution is -2.51. The number of aliphatic imine (C=N–C) groups is 2. The number of nitrogens with one attached hydrogen (secondary N) is 6. The molecule has 18 heteroatoms. The maximum atomic E-state index is 14.0. The molecule has 1 aliphatic carbocycles. The highest BCUT2D eigenvalue weighted by molar-refractivity contribution is 6.03. The predicted octanol–water partition coefficient (Wildman–Crippen LogP) is 6.56. The number of rotatable bonds is 10. The highest BCUT2D eigenvalue weighted by atomic mass is 16.6. The number of carbonyl (C=O) groups excluding carboxylic acids is 6. The molecule has 352 valence electrons. The molecule has 1 aliphatic rings. The van der Waals surface area contributed by atoms with Crippen molar-refractivity contribution < 1.29 is 47.7 Å². The summed E-state index contributed by atoms with van der Waals surface area (Å²) in [6.07, 6.45) is -1.34. The Labute approximate surface area is 376 Å². The molecule has 6 amide bonds. The van der Waals surface area contributed by atoms with E-state index in [0.717, 1.165) is 11.1 Å². The molecule has 0 radical (unpaired) electrons. The molecule has 3 rings (SSSR count). The van der Waals surface area contributed by atoms with Gasteiger partial charge in [-0.25, -0.2) is 29.2 Å². The number of amides is 6. The molecule has 2 aromatic rings. The number of benzene rings is 2. The Kier molecular flexibility index (Phi) is 18.7. The summed E-state index contributed by atoms with van der Waals surface area (Å²) >= 11 is 0. The van der Waals surface area contributed by atoms with Crippen LogP contribution in [0.5, 0.6) is 0 Å². The van der Waals surface area contributed by atoms with Crippen molar-refractivity contribution in [2.75, 3.05) is 0 Å². The molecule has 0 aromatic heterocycles. The summed E-state index contributed by atoms with van der Waals surface area (Å²) < 4.78 is 21.6. The molecule has 2 aromatic carbocycles. The van der Waals surface area contributed by atoms with Gasteiger partial charge in [-0.3, -0.25) is 30.9 Å². The van der Waals surface area contributed by atoms with Crippen molar-refractivity contribution in [2.24, 2.45) is 9.98 Å². The number of alkyl carbamates (subject to hydrolysis) is 4. The second-order valence-corrected chi connectivity index (χ2v) is 19.4. The number of nitrogens with zero attached hydrogens (tertiary/aromatic N) is 2. The molecule has 1 saturated carbocycles.